The van der Waals surface area contributed by atoms with Crippen molar-refractivity contribution in [3.63, 3.8) is 0 Å². The van der Waals surface area contributed by atoms with E-state index in [2.05, 4.69) is 97.9 Å². The van der Waals surface area contributed by atoms with Crippen LogP contribution in [0.15, 0.2) is 66.9 Å². The van der Waals surface area contributed by atoms with Crippen LogP contribution in [0.5, 0.6) is 0 Å². The first-order valence-corrected chi connectivity index (χ1v) is 19.5. The van der Waals surface area contributed by atoms with Crippen LogP contribution in [0.4, 0.5) is 34.5 Å². The predicted octanol–water partition coefficient (Wildman–Crippen LogP) is 4.52. The molecular weight excluding hydrogens is 723 g/mol. The predicted molar refractivity (Wildman–Crippen MR) is 217 cm³/mol. The molecular formula is C42H45N11O4. The van der Waals surface area contributed by atoms with E-state index in [4.69, 9.17) is 4.98 Å². The van der Waals surface area contributed by atoms with Crippen LogP contribution in [0.3, 0.4) is 0 Å². The molecule has 292 valence electrons. The molecule has 0 spiro atoms. The van der Waals surface area contributed by atoms with Crippen molar-refractivity contribution in [1.29, 1.82) is 0 Å². The Morgan fingerprint density at radius 2 is 1.58 bits per heavy atom. The Bertz CT molecular complexity index is 2420. The summed E-state index contributed by atoms with van der Waals surface area (Å²) in [4.78, 5) is 68.1. The lowest BCUT2D eigenvalue weighted by Gasteiger charge is -2.47. The molecule has 9 rings (SSSR count). The van der Waals surface area contributed by atoms with Crippen LogP contribution in [0.2, 0.25) is 0 Å². The van der Waals surface area contributed by atoms with Crippen molar-refractivity contribution in [3.8, 4) is 0 Å². The minimum atomic E-state index is -0.965. The van der Waals surface area contributed by atoms with Crippen molar-refractivity contribution in [3.05, 3.63) is 89.1 Å². The first kappa shape index (κ1) is 36.3. The second kappa shape index (κ2) is 14.3. The number of rotatable bonds is 9. The fourth-order valence-electron chi connectivity index (χ4n) is 8.59. The first-order chi connectivity index (χ1) is 27.5. The average molecular weight is 768 g/mol. The lowest BCUT2D eigenvalue weighted by atomic mass is 9.96. The minimum Gasteiger partial charge on any atom is -0.371 e. The lowest BCUT2D eigenvalue weighted by molar-refractivity contribution is -0.136. The van der Waals surface area contributed by atoms with Crippen LogP contribution in [-0.2, 0) is 16.6 Å². The Balaban J connectivity index is 0.769. The molecule has 2 aromatic heterocycles. The van der Waals surface area contributed by atoms with Gasteiger partial charge in [0.05, 0.1) is 16.5 Å². The Morgan fingerprint density at radius 3 is 2.32 bits per heavy atom. The summed E-state index contributed by atoms with van der Waals surface area (Å²) in [5.41, 5.74) is 7.66. The SMILES string of the molecule is Cc1cccc(C)c1Nc1nn(C)c2nc(Nc3ccc(N4CCN(CC5CN(c6ccc7c(c6)C(=O)N(C6CCC(=O)NC6=O)C7=O)C5)[C@@H](C)C4)cc3)ncc12. The summed E-state index contributed by atoms with van der Waals surface area (Å²) in [6, 6.07) is 19.4. The molecule has 4 aliphatic rings. The molecule has 2 atom stereocenters. The molecule has 0 bridgehead atoms. The Morgan fingerprint density at radius 1 is 0.842 bits per heavy atom. The summed E-state index contributed by atoms with van der Waals surface area (Å²) < 4.78 is 1.77. The quantitative estimate of drug-likeness (QED) is 0.180. The largest absolute Gasteiger partial charge is 0.371 e. The van der Waals surface area contributed by atoms with E-state index in [-0.39, 0.29) is 18.7 Å². The molecule has 0 radical (unpaired) electrons. The van der Waals surface area contributed by atoms with Gasteiger partial charge in [0.25, 0.3) is 11.8 Å². The van der Waals surface area contributed by atoms with Gasteiger partial charge in [-0.25, -0.2) is 9.67 Å². The van der Waals surface area contributed by atoms with E-state index in [0.717, 1.165) is 89.2 Å². The normalized spacial score (nSPS) is 20.2. The van der Waals surface area contributed by atoms with Gasteiger partial charge in [-0.15, -0.1) is 0 Å². The maximum Gasteiger partial charge on any atom is 0.262 e. The smallest absolute Gasteiger partial charge is 0.262 e. The summed E-state index contributed by atoms with van der Waals surface area (Å²) in [6.07, 6.45) is 2.05. The zero-order valence-corrected chi connectivity index (χ0v) is 32.5. The van der Waals surface area contributed by atoms with E-state index in [1.54, 1.807) is 16.8 Å². The standard InChI is InChI=1S/C42H45N11O4/c1-24-6-5-7-25(2)36(24)46-37-33-19-43-42(47-38(33)49(4)48-37)44-28-8-10-29(11-9-28)51-17-16-50(26(3)20-51)21-27-22-52(23-27)30-12-13-31-32(18-30)41(57)53(40(31)56)34-14-15-35(54)45-39(34)55/h5-13,18-19,26-27,34H,14-17,20-23H2,1-4H3,(H,46,48)(H,43,44,47)(H,45,54,55)/t26-,34?/m0/s1. The van der Waals surface area contributed by atoms with Gasteiger partial charge in [-0.1, -0.05) is 18.2 Å². The molecule has 0 saturated carbocycles. The first-order valence-electron chi connectivity index (χ1n) is 19.5. The van der Waals surface area contributed by atoms with Crippen molar-refractivity contribution in [2.24, 2.45) is 13.0 Å². The molecule has 57 heavy (non-hydrogen) atoms. The Hall–Kier alpha value is -6.35. The van der Waals surface area contributed by atoms with Gasteiger partial charge in [0.1, 0.15) is 6.04 Å². The topological polar surface area (TPSA) is 161 Å². The van der Waals surface area contributed by atoms with Crippen LogP contribution in [0.1, 0.15) is 51.6 Å². The molecule has 4 aliphatic heterocycles. The second-order valence-corrected chi connectivity index (χ2v) is 15.7. The van der Waals surface area contributed by atoms with Crippen LogP contribution < -0.4 is 25.8 Å². The maximum absolute atomic E-state index is 13.3. The van der Waals surface area contributed by atoms with Crippen LogP contribution in [-0.4, -0.2) is 105 Å². The van der Waals surface area contributed by atoms with Crippen molar-refractivity contribution in [1.82, 2.24) is 34.9 Å². The molecule has 3 N–H and O–H groups in total. The third-order valence-electron chi connectivity index (χ3n) is 11.8. The van der Waals surface area contributed by atoms with Gasteiger partial charge in [0.2, 0.25) is 17.8 Å². The number of nitrogens with zero attached hydrogens (tertiary/aromatic N) is 8. The number of fused-ring (bicyclic) bond motifs is 2. The number of amides is 4. The number of aromatic nitrogens is 4. The van der Waals surface area contributed by atoms with Gasteiger partial charge in [0, 0.05) is 93.6 Å². The van der Waals surface area contributed by atoms with Crippen LogP contribution in [0, 0.1) is 19.8 Å². The number of piperazine rings is 1. The molecule has 4 amide bonds. The molecule has 1 unspecified atom stereocenters. The minimum absolute atomic E-state index is 0.0976. The lowest BCUT2D eigenvalue weighted by Crippen LogP contribution is -2.57. The highest BCUT2D eigenvalue weighted by Crippen LogP contribution is 2.34. The maximum atomic E-state index is 13.3. The van der Waals surface area contributed by atoms with Gasteiger partial charge in [-0.3, -0.25) is 34.3 Å². The second-order valence-electron chi connectivity index (χ2n) is 15.7. The molecule has 15 nitrogen and oxygen atoms in total. The van der Waals surface area contributed by atoms with Gasteiger partial charge < -0.3 is 20.4 Å². The summed E-state index contributed by atoms with van der Waals surface area (Å²) in [6.45, 7) is 12.0. The van der Waals surface area contributed by atoms with Crippen molar-refractivity contribution >= 4 is 69.2 Å². The van der Waals surface area contributed by atoms with E-state index in [1.165, 1.54) is 5.69 Å². The number of nitrogens with one attached hydrogen (secondary N) is 3. The van der Waals surface area contributed by atoms with Crippen molar-refractivity contribution in [2.45, 2.75) is 45.7 Å². The summed E-state index contributed by atoms with van der Waals surface area (Å²) in [5.74, 6) is -0.232. The molecule has 3 fully saturated rings. The number of hydrogen-bond acceptors (Lipinski definition) is 12. The number of piperidine rings is 1. The van der Waals surface area contributed by atoms with Crippen LogP contribution >= 0.6 is 0 Å². The zero-order valence-electron chi connectivity index (χ0n) is 32.5. The highest BCUT2D eigenvalue weighted by atomic mass is 16.2. The number of imide groups is 2. The van der Waals surface area contributed by atoms with E-state index in [1.807, 2.05) is 25.4 Å². The molecule has 0 aliphatic carbocycles. The summed E-state index contributed by atoms with van der Waals surface area (Å²) >= 11 is 0. The van der Waals surface area contributed by atoms with E-state index >= 15 is 0 Å². The van der Waals surface area contributed by atoms with Crippen molar-refractivity contribution in [2.75, 3.05) is 59.7 Å². The highest BCUT2D eigenvalue weighted by molar-refractivity contribution is 6.23. The third-order valence-corrected chi connectivity index (χ3v) is 11.8. The summed E-state index contributed by atoms with van der Waals surface area (Å²) in [5, 5.41) is 14.6. The number of hydrogen-bond donors (Lipinski definition) is 3. The average Bonchev–Trinajstić information content (AvgIpc) is 3.62. The number of aryl methyl sites for hydroxylation is 3. The molecule has 15 heteroatoms. The molecule has 3 saturated heterocycles. The number of para-hydroxylation sites is 1. The molecule has 3 aromatic carbocycles. The van der Waals surface area contributed by atoms with E-state index < -0.39 is 23.8 Å². The van der Waals surface area contributed by atoms with E-state index in [9.17, 15) is 19.2 Å². The van der Waals surface area contributed by atoms with Gasteiger partial charge in [-0.2, -0.15) is 10.1 Å². The third kappa shape index (κ3) is 6.71. The van der Waals surface area contributed by atoms with Gasteiger partial charge in [0.15, 0.2) is 11.5 Å². The number of carbonyl (C=O) groups excluding carboxylic acids is 4. The number of benzene rings is 3. The summed E-state index contributed by atoms with van der Waals surface area (Å²) in [7, 11) is 1.89. The van der Waals surface area contributed by atoms with Crippen molar-refractivity contribution < 1.29 is 19.2 Å². The van der Waals surface area contributed by atoms with Crippen LogP contribution in [0.25, 0.3) is 11.0 Å². The monoisotopic (exact) mass is 767 g/mol. The zero-order chi connectivity index (χ0) is 39.5. The Kier molecular flexibility index (Phi) is 9.11. The fourth-order valence-corrected chi connectivity index (χ4v) is 8.59. The molecule has 5 aromatic rings. The molecule has 6 heterocycles. The highest BCUT2D eigenvalue weighted by Gasteiger charge is 2.45. The van der Waals surface area contributed by atoms with E-state index in [0.29, 0.717) is 29.0 Å². The fraction of sp³-hybridized carbons (Fsp3) is 0.357. The number of carbonyl (C=O) groups is 4. The van der Waals surface area contributed by atoms with Gasteiger partial charge in [-0.05, 0) is 80.8 Å². The number of anilines is 6. The van der Waals surface area contributed by atoms with Gasteiger partial charge >= 0.3 is 0 Å². The Labute approximate surface area is 330 Å².